The number of hydrogen-bond donors (Lipinski definition) is 1. The Morgan fingerprint density at radius 3 is 2.45 bits per heavy atom. The summed E-state index contributed by atoms with van der Waals surface area (Å²) in [7, 11) is 0. The first-order chi connectivity index (χ1) is 9.78. The highest BCUT2D eigenvalue weighted by molar-refractivity contribution is 5.50. The molecule has 20 heavy (non-hydrogen) atoms. The second-order valence-electron chi connectivity index (χ2n) is 5.46. The zero-order valence-corrected chi connectivity index (χ0v) is 11.9. The molecule has 0 aromatic heterocycles. The van der Waals surface area contributed by atoms with Crippen LogP contribution in [0.1, 0.15) is 36.1 Å². The van der Waals surface area contributed by atoms with Gasteiger partial charge in [0.2, 0.25) is 0 Å². The molecule has 0 fully saturated rings. The van der Waals surface area contributed by atoms with Crippen molar-refractivity contribution in [2.24, 2.45) is 0 Å². The van der Waals surface area contributed by atoms with Crippen LogP contribution < -0.4 is 4.90 Å². The van der Waals surface area contributed by atoms with E-state index < -0.39 is 0 Å². The molecular formula is C18H21NO. The van der Waals surface area contributed by atoms with Gasteiger partial charge in [-0.1, -0.05) is 43.3 Å². The van der Waals surface area contributed by atoms with E-state index in [1.807, 2.05) is 19.1 Å². The van der Waals surface area contributed by atoms with Gasteiger partial charge in [0, 0.05) is 18.8 Å². The van der Waals surface area contributed by atoms with Gasteiger partial charge in [-0.05, 0) is 41.7 Å². The minimum absolute atomic E-state index is 0.342. The van der Waals surface area contributed by atoms with Crippen LogP contribution in [0.3, 0.4) is 0 Å². The average Bonchev–Trinajstić information content (AvgIpc) is 2.54. The van der Waals surface area contributed by atoms with Gasteiger partial charge in [0.15, 0.2) is 0 Å². The Morgan fingerprint density at radius 1 is 1.05 bits per heavy atom. The quantitative estimate of drug-likeness (QED) is 0.916. The molecule has 2 aromatic carbocycles. The summed E-state index contributed by atoms with van der Waals surface area (Å²) in [5, 5.41) is 9.85. The lowest BCUT2D eigenvalue weighted by Crippen LogP contribution is -2.30. The molecule has 104 valence electrons. The van der Waals surface area contributed by atoms with Crippen LogP contribution in [0.2, 0.25) is 0 Å². The minimum Gasteiger partial charge on any atom is -0.388 e. The lowest BCUT2D eigenvalue weighted by molar-refractivity contribution is 0.173. The van der Waals surface area contributed by atoms with Crippen LogP contribution in [-0.4, -0.2) is 11.7 Å². The molecule has 1 aliphatic rings. The van der Waals surface area contributed by atoms with E-state index in [1.165, 1.54) is 16.8 Å². The normalized spacial score (nSPS) is 15.8. The Labute approximate surface area is 120 Å². The van der Waals surface area contributed by atoms with E-state index in [4.69, 9.17) is 0 Å². The third-order valence-corrected chi connectivity index (χ3v) is 4.16. The maximum atomic E-state index is 9.85. The molecule has 1 N–H and O–H groups in total. The van der Waals surface area contributed by atoms with Crippen molar-refractivity contribution in [2.45, 2.75) is 32.4 Å². The SMILES string of the molecule is CC[C@@H](O)c1ccc(N2CCc3ccccc3C2)cc1. The monoisotopic (exact) mass is 267 g/mol. The average molecular weight is 267 g/mol. The summed E-state index contributed by atoms with van der Waals surface area (Å²) < 4.78 is 0. The standard InChI is InChI=1S/C18H21NO/c1-2-18(20)15-7-9-17(10-8-15)19-12-11-14-5-3-4-6-16(14)13-19/h3-10,18,20H,2,11-13H2,1H3/t18-/m1/s1. The number of nitrogens with zero attached hydrogens (tertiary/aromatic N) is 1. The summed E-state index contributed by atoms with van der Waals surface area (Å²) in [5.41, 5.74) is 5.15. The fraction of sp³-hybridized carbons (Fsp3) is 0.333. The molecule has 0 saturated heterocycles. The van der Waals surface area contributed by atoms with Crippen molar-refractivity contribution in [1.82, 2.24) is 0 Å². The number of hydrogen-bond acceptors (Lipinski definition) is 2. The first kappa shape index (κ1) is 13.2. The molecule has 0 aliphatic carbocycles. The van der Waals surface area contributed by atoms with Crippen molar-refractivity contribution < 1.29 is 5.11 Å². The summed E-state index contributed by atoms with van der Waals surface area (Å²) in [6.07, 6.45) is 1.53. The van der Waals surface area contributed by atoms with E-state index in [0.717, 1.165) is 31.5 Å². The predicted molar refractivity (Wildman–Crippen MR) is 82.9 cm³/mol. The molecule has 3 rings (SSSR count). The van der Waals surface area contributed by atoms with Gasteiger partial charge in [-0.3, -0.25) is 0 Å². The van der Waals surface area contributed by atoms with Crippen molar-refractivity contribution >= 4 is 5.69 Å². The van der Waals surface area contributed by atoms with Gasteiger partial charge in [-0.15, -0.1) is 0 Å². The lowest BCUT2D eigenvalue weighted by Gasteiger charge is -2.31. The van der Waals surface area contributed by atoms with Gasteiger partial charge >= 0.3 is 0 Å². The maximum absolute atomic E-state index is 9.85. The highest BCUT2D eigenvalue weighted by Gasteiger charge is 2.16. The fourth-order valence-electron chi connectivity index (χ4n) is 2.86. The molecule has 2 heteroatoms. The summed E-state index contributed by atoms with van der Waals surface area (Å²) >= 11 is 0. The summed E-state index contributed by atoms with van der Waals surface area (Å²) in [6, 6.07) is 17.0. The zero-order valence-electron chi connectivity index (χ0n) is 11.9. The van der Waals surface area contributed by atoms with Gasteiger partial charge in [0.25, 0.3) is 0 Å². The van der Waals surface area contributed by atoms with Gasteiger partial charge in [0.05, 0.1) is 6.10 Å². The Balaban J connectivity index is 1.78. The largest absolute Gasteiger partial charge is 0.388 e. The Bertz CT molecular complexity index is 576. The molecule has 0 saturated carbocycles. The van der Waals surface area contributed by atoms with Crippen LogP contribution in [0.15, 0.2) is 48.5 Å². The third kappa shape index (κ3) is 2.56. The molecule has 0 radical (unpaired) electrons. The Morgan fingerprint density at radius 2 is 1.75 bits per heavy atom. The van der Waals surface area contributed by atoms with Crippen molar-refractivity contribution in [1.29, 1.82) is 0 Å². The number of aliphatic hydroxyl groups is 1. The van der Waals surface area contributed by atoms with Gasteiger partial charge in [0.1, 0.15) is 0 Å². The van der Waals surface area contributed by atoms with E-state index >= 15 is 0 Å². The zero-order chi connectivity index (χ0) is 13.9. The smallest absolute Gasteiger partial charge is 0.0787 e. The molecule has 1 atom stereocenters. The molecule has 0 amide bonds. The number of anilines is 1. The highest BCUT2D eigenvalue weighted by Crippen LogP contribution is 2.26. The first-order valence-electron chi connectivity index (χ1n) is 7.37. The van der Waals surface area contributed by atoms with E-state index in [0.29, 0.717) is 0 Å². The Hall–Kier alpha value is -1.80. The summed E-state index contributed by atoms with van der Waals surface area (Å²) in [6.45, 7) is 4.04. The van der Waals surface area contributed by atoms with Gasteiger partial charge < -0.3 is 10.0 Å². The van der Waals surface area contributed by atoms with Crippen LogP contribution in [0, 0.1) is 0 Å². The maximum Gasteiger partial charge on any atom is 0.0787 e. The number of rotatable bonds is 3. The van der Waals surface area contributed by atoms with Crippen LogP contribution >= 0.6 is 0 Å². The Kier molecular flexibility index (Phi) is 3.75. The van der Waals surface area contributed by atoms with Crippen molar-refractivity contribution in [2.75, 3.05) is 11.4 Å². The lowest BCUT2D eigenvalue weighted by atomic mass is 9.99. The van der Waals surface area contributed by atoms with Gasteiger partial charge in [-0.2, -0.15) is 0 Å². The summed E-state index contributed by atoms with van der Waals surface area (Å²) in [4.78, 5) is 2.41. The molecule has 0 spiro atoms. The molecule has 1 aliphatic heterocycles. The topological polar surface area (TPSA) is 23.5 Å². The predicted octanol–water partition coefficient (Wildman–Crippen LogP) is 3.69. The number of aliphatic hydroxyl groups excluding tert-OH is 1. The number of benzene rings is 2. The fourth-order valence-corrected chi connectivity index (χ4v) is 2.86. The minimum atomic E-state index is -0.342. The molecule has 2 aromatic rings. The highest BCUT2D eigenvalue weighted by atomic mass is 16.3. The summed E-state index contributed by atoms with van der Waals surface area (Å²) in [5.74, 6) is 0. The van der Waals surface area contributed by atoms with Crippen LogP contribution in [-0.2, 0) is 13.0 Å². The third-order valence-electron chi connectivity index (χ3n) is 4.16. The molecule has 2 nitrogen and oxygen atoms in total. The van der Waals surface area contributed by atoms with Gasteiger partial charge in [-0.25, -0.2) is 0 Å². The van der Waals surface area contributed by atoms with E-state index in [-0.39, 0.29) is 6.10 Å². The van der Waals surface area contributed by atoms with Crippen molar-refractivity contribution in [3.8, 4) is 0 Å². The van der Waals surface area contributed by atoms with E-state index in [2.05, 4.69) is 41.3 Å². The first-order valence-corrected chi connectivity index (χ1v) is 7.37. The molecule has 1 heterocycles. The second-order valence-corrected chi connectivity index (χ2v) is 5.46. The molecule has 0 bridgehead atoms. The molecular weight excluding hydrogens is 246 g/mol. The van der Waals surface area contributed by atoms with E-state index in [1.54, 1.807) is 0 Å². The van der Waals surface area contributed by atoms with Crippen LogP contribution in [0.5, 0.6) is 0 Å². The van der Waals surface area contributed by atoms with E-state index in [9.17, 15) is 5.11 Å². The van der Waals surface area contributed by atoms with Crippen molar-refractivity contribution in [3.05, 3.63) is 65.2 Å². The van der Waals surface area contributed by atoms with Crippen molar-refractivity contribution in [3.63, 3.8) is 0 Å². The second kappa shape index (κ2) is 5.68. The van der Waals surface area contributed by atoms with Crippen LogP contribution in [0.25, 0.3) is 0 Å². The molecule has 0 unspecified atom stereocenters. The van der Waals surface area contributed by atoms with Crippen LogP contribution in [0.4, 0.5) is 5.69 Å². The number of fused-ring (bicyclic) bond motifs is 1.